The fraction of sp³-hybridized carbons (Fsp3) is 0.538. The third-order valence-corrected chi connectivity index (χ3v) is 3.32. The molecule has 0 spiro atoms. The molecule has 0 aliphatic carbocycles. The number of nitrogens with one attached hydrogen (secondary N) is 1. The zero-order valence-corrected chi connectivity index (χ0v) is 12.1. The van der Waals surface area contributed by atoms with Gasteiger partial charge in [-0.25, -0.2) is 0 Å². The summed E-state index contributed by atoms with van der Waals surface area (Å²) in [6.07, 6.45) is 0. The summed E-state index contributed by atoms with van der Waals surface area (Å²) in [7, 11) is 0. The lowest BCUT2D eigenvalue weighted by Crippen LogP contribution is -2.50. The fourth-order valence-electron chi connectivity index (χ4n) is 2.05. The molecule has 2 rings (SSSR count). The van der Waals surface area contributed by atoms with E-state index in [1.165, 1.54) is 0 Å². The molecule has 18 heavy (non-hydrogen) atoms. The van der Waals surface area contributed by atoms with Crippen LogP contribution < -0.4 is 10.1 Å². The minimum absolute atomic E-state index is 0. The SMILES string of the molecule is CC1CNCCN1CCOc1cccc(Cl)c1.Cl. The molecule has 1 heterocycles. The van der Waals surface area contributed by atoms with E-state index in [-0.39, 0.29) is 12.4 Å². The number of halogens is 2. The Morgan fingerprint density at radius 1 is 1.50 bits per heavy atom. The average molecular weight is 291 g/mol. The molecule has 1 unspecified atom stereocenters. The van der Waals surface area contributed by atoms with Crippen LogP contribution in [0.25, 0.3) is 0 Å². The second-order valence-electron chi connectivity index (χ2n) is 4.39. The lowest BCUT2D eigenvalue weighted by atomic mass is 10.2. The average Bonchev–Trinajstić information content (AvgIpc) is 2.32. The van der Waals surface area contributed by atoms with Crippen molar-refractivity contribution in [2.24, 2.45) is 0 Å². The lowest BCUT2D eigenvalue weighted by molar-refractivity contribution is 0.143. The highest BCUT2D eigenvalue weighted by atomic mass is 35.5. The summed E-state index contributed by atoms with van der Waals surface area (Å²) >= 11 is 5.90. The molecule has 1 N–H and O–H groups in total. The third-order valence-electron chi connectivity index (χ3n) is 3.08. The van der Waals surface area contributed by atoms with Gasteiger partial charge in [-0.2, -0.15) is 0 Å². The molecule has 1 saturated heterocycles. The molecule has 1 fully saturated rings. The van der Waals surface area contributed by atoms with Crippen LogP contribution in [-0.2, 0) is 0 Å². The summed E-state index contributed by atoms with van der Waals surface area (Å²) in [6, 6.07) is 8.14. The lowest BCUT2D eigenvalue weighted by Gasteiger charge is -2.33. The van der Waals surface area contributed by atoms with Crippen molar-refractivity contribution < 1.29 is 4.74 Å². The number of rotatable bonds is 4. The van der Waals surface area contributed by atoms with Crippen molar-refractivity contribution in [2.75, 3.05) is 32.8 Å². The van der Waals surface area contributed by atoms with Gasteiger partial charge in [0.1, 0.15) is 12.4 Å². The predicted octanol–water partition coefficient (Wildman–Crippen LogP) is 2.43. The molecule has 0 amide bonds. The first kappa shape index (κ1) is 15.6. The Morgan fingerprint density at radius 2 is 2.33 bits per heavy atom. The quantitative estimate of drug-likeness (QED) is 0.922. The molecular weight excluding hydrogens is 271 g/mol. The van der Waals surface area contributed by atoms with E-state index in [0.717, 1.165) is 37.0 Å². The van der Waals surface area contributed by atoms with E-state index < -0.39 is 0 Å². The van der Waals surface area contributed by atoms with Crippen LogP contribution in [0.15, 0.2) is 24.3 Å². The number of piperazine rings is 1. The number of ether oxygens (including phenoxy) is 1. The maximum Gasteiger partial charge on any atom is 0.120 e. The van der Waals surface area contributed by atoms with E-state index in [9.17, 15) is 0 Å². The monoisotopic (exact) mass is 290 g/mol. The molecule has 3 nitrogen and oxygen atoms in total. The first-order valence-corrected chi connectivity index (χ1v) is 6.46. The van der Waals surface area contributed by atoms with E-state index in [1.807, 2.05) is 24.3 Å². The Kier molecular flexibility index (Phi) is 6.79. The fourth-order valence-corrected chi connectivity index (χ4v) is 2.23. The van der Waals surface area contributed by atoms with Crippen LogP contribution >= 0.6 is 24.0 Å². The van der Waals surface area contributed by atoms with Gasteiger partial charge >= 0.3 is 0 Å². The summed E-state index contributed by atoms with van der Waals surface area (Å²) in [4.78, 5) is 2.45. The molecule has 1 aliphatic heterocycles. The molecule has 1 atom stereocenters. The van der Waals surface area contributed by atoms with Gasteiger partial charge in [0.05, 0.1) is 0 Å². The van der Waals surface area contributed by atoms with Gasteiger partial charge in [0.15, 0.2) is 0 Å². The van der Waals surface area contributed by atoms with Gasteiger partial charge in [-0.1, -0.05) is 17.7 Å². The highest BCUT2D eigenvalue weighted by molar-refractivity contribution is 6.30. The van der Waals surface area contributed by atoms with E-state index in [2.05, 4.69) is 17.1 Å². The highest BCUT2D eigenvalue weighted by Crippen LogP contribution is 2.17. The van der Waals surface area contributed by atoms with Crippen molar-refractivity contribution in [1.82, 2.24) is 10.2 Å². The maximum atomic E-state index is 5.90. The van der Waals surface area contributed by atoms with Crippen molar-refractivity contribution in [1.29, 1.82) is 0 Å². The Hall–Kier alpha value is -0.480. The van der Waals surface area contributed by atoms with Crippen LogP contribution in [0.2, 0.25) is 5.02 Å². The third kappa shape index (κ3) is 4.65. The standard InChI is InChI=1S/C13H19ClN2O.ClH/c1-11-10-15-5-6-16(11)7-8-17-13-4-2-3-12(14)9-13;/h2-4,9,11,15H,5-8,10H2,1H3;1H. The van der Waals surface area contributed by atoms with Gasteiger partial charge < -0.3 is 10.1 Å². The minimum Gasteiger partial charge on any atom is -0.492 e. The first-order valence-electron chi connectivity index (χ1n) is 6.09. The van der Waals surface area contributed by atoms with Crippen LogP contribution in [0.1, 0.15) is 6.92 Å². The molecule has 1 aromatic carbocycles. The van der Waals surface area contributed by atoms with E-state index in [1.54, 1.807) is 0 Å². The van der Waals surface area contributed by atoms with Crippen molar-refractivity contribution in [2.45, 2.75) is 13.0 Å². The van der Waals surface area contributed by atoms with Crippen LogP contribution in [-0.4, -0.2) is 43.7 Å². The summed E-state index contributed by atoms with van der Waals surface area (Å²) in [5.74, 6) is 0.847. The van der Waals surface area contributed by atoms with E-state index >= 15 is 0 Å². The number of hydrogen-bond acceptors (Lipinski definition) is 3. The second-order valence-corrected chi connectivity index (χ2v) is 4.83. The van der Waals surface area contributed by atoms with Crippen LogP contribution in [0.4, 0.5) is 0 Å². The molecule has 1 aromatic rings. The van der Waals surface area contributed by atoms with Crippen LogP contribution in [0.5, 0.6) is 5.75 Å². The molecular formula is C13H20Cl2N2O. The van der Waals surface area contributed by atoms with Crippen molar-refractivity contribution in [3.05, 3.63) is 29.3 Å². The van der Waals surface area contributed by atoms with Gasteiger partial charge in [0, 0.05) is 37.2 Å². The molecule has 0 radical (unpaired) electrons. The number of hydrogen-bond donors (Lipinski definition) is 1. The molecule has 102 valence electrons. The van der Waals surface area contributed by atoms with Gasteiger partial charge in [0.2, 0.25) is 0 Å². The Labute approximate surface area is 120 Å². The molecule has 0 aromatic heterocycles. The highest BCUT2D eigenvalue weighted by Gasteiger charge is 2.16. The topological polar surface area (TPSA) is 24.5 Å². The van der Waals surface area contributed by atoms with Crippen molar-refractivity contribution in [3.63, 3.8) is 0 Å². The summed E-state index contributed by atoms with van der Waals surface area (Å²) in [5, 5.41) is 4.10. The maximum absolute atomic E-state index is 5.90. The molecule has 0 bridgehead atoms. The number of benzene rings is 1. The zero-order chi connectivity index (χ0) is 12.1. The zero-order valence-electron chi connectivity index (χ0n) is 10.6. The van der Waals surface area contributed by atoms with E-state index in [0.29, 0.717) is 12.6 Å². The van der Waals surface area contributed by atoms with Crippen LogP contribution in [0.3, 0.4) is 0 Å². The van der Waals surface area contributed by atoms with E-state index in [4.69, 9.17) is 16.3 Å². The van der Waals surface area contributed by atoms with Gasteiger partial charge in [-0.15, -0.1) is 12.4 Å². The normalized spacial score (nSPS) is 20.2. The molecule has 5 heteroatoms. The summed E-state index contributed by atoms with van der Waals surface area (Å²) < 4.78 is 5.69. The van der Waals surface area contributed by atoms with Gasteiger partial charge in [0.25, 0.3) is 0 Å². The Bertz CT molecular complexity index is 363. The predicted molar refractivity (Wildman–Crippen MR) is 78.1 cm³/mol. The summed E-state index contributed by atoms with van der Waals surface area (Å²) in [6.45, 7) is 7.16. The molecule has 1 aliphatic rings. The number of nitrogens with zero attached hydrogens (tertiary/aromatic N) is 1. The smallest absolute Gasteiger partial charge is 0.120 e. The Balaban J connectivity index is 0.00000162. The van der Waals surface area contributed by atoms with Crippen molar-refractivity contribution >= 4 is 24.0 Å². The van der Waals surface area contributed by atoms with Crippen LogP contribution in [0, 0.1) is 0 Å². The minimum atomic E-state index is 0. The largest absolute Gasteiger partial charge is 0.492 e. The first-order chi connectivity index (χ1) is 8.25. The van der Waals surface area contributed by atoms with Gasteiger partial charge in [-0.05, 0) is 25.1 Å². The Morgan fingerprint density at radius 3 is 3.06 bits per heavy atom. The second kappa shape index (κ2) is 7.85. The summed E-state index contributed by atoms with van der Waals surface area (Å²) in [5.41, 5.74) is 0. The van der Waals surface area contributed by atoms with Gasteiger partial charge in [-0.3, -0.25) is 4.90 Å². The molecule has 0 saturated carbocycles. The van der Waals surface area contributed by atoms with Crippen molar-refractivity contribution in [3.8, 4) is 5.75 Å².